The van der Waals surface area contributed by atoms with Gasteiger partial charge >= 0.3 is 0 Å². The summed E-state index contributed by atoms with van der Waals surface area (Å²) >= 11 is 1.48. The second-order valence-electron chi connectivity index (χ2n) is 6.60. The maximum Gasteiger partial charge on any atom is 0.230 e. The highest BCUT2D eigenvalue weighted by Crippen LogP contribution is 2.43. The summed E-state index contributed by atoms with van der Waals surface area (Å²) in [6.45, 7) is 0.721. The number of amides is 1. The zero-order valence-corrected chi connectivity index (χ0v) is 14.8. The fraction of sp³-hybridized carbons (Fsp3) is 0.300. The third-order valence-electron chi connectivity index (χ3n) is 5.06. The van der Waals surface area contributed by atoms with Crippen molar-refractivity contribution in [1.82, 2.24) is 14.7 Å². The molecule has 0 bridgehead atoms. The predicted octanol–water partition coefficient (Wildman–Crippen LogP) is 3.66. The molecule has 128 valence electrons. The first kappa shape index (κ1) is 16.2. The molecule has 1 aliphatic carbocycles. The summed E-state index contributed by atoms with van der Waals surface area (Å²) in [5.74, 6) is 0.457. The van der Waals surface area contributed by atoms with E-state index in [1.165, 1.54) is 23.7 Å². The van der Waals surface area contributed by atoms with Crippen LogP contribution in [0.25, 0.3) is 5.52 Å². The van der Waals surface area contributed by atoms with Crippen molar-refractivity contribution in [2.24, 2.45) is 0 Å². The molecule has 25 heavy (non-hydrogen) atoms. The molecule has 1 N–H and O–H groups in total. The molecule has 5 heteroatoms. The van der Waals surface area contributed by atoms with Gasteiger partial charge in [0.25, 0.3) is 0 Å². The molecule has 4 rings (SSSR count). The van der Waals surface area contributed by atoms with Crippen LogP contribution in [0.15, 0.2) is 66.1 Å². The summed E-state index contributed by atoms with van der Waals surface area (Å²) in [7, 11) is 0. The topological polar surface area (TPSA) is 46.4 Å². The van der Waals surface area contributed by atoms with Crippen LogP contribution in [0.1, 0.15) is 24.8 Å². The van der Waals surface area contributed by atoms with E-state index in [2.05, 4.69) is 34.6 Å². The molecule has 1 saturated carbocycles. The van der Waals surface area contributed by atoms with Crippen LogP contribution >= 0.6 is 11.8 Å². The Balaban J connectivity index is 1.35. The van der Waals surface area contributed by atoms with Crippen molar-refractivity contribution >= 4 is 23.2 Å². The van der Waals surface area contributed by atoms with Crippen molar-refractivity contribution in [2.75, 3.05) is 12.3 Å². The maximum absolute atomic E-state index is 12.3. The average molecular weight is 351 g/mol. The van der Waals surface area contributed by atoms with E-state index in [0.717, 1.165) is 30.1 Å². The summed E-state index contributed by atoms with van der Waals surface area (Å²) in [5, 5.41) is 3.99. The van der Waals surface area contributed by atoms with Gasteiger partial charge in [-0.15, -0.1) is 0 Å². The maximum atomic E-state index is 12.3. The number of thioether (sulfide) groups is 1. The van der Waals surface area contributed by atoms with Crippen LogP contribution in [0, 0.1) is 0 Å². The number of imidazole rings is 1. The van der Waals surface area contributed by atoms with Gasteiger partial charge in [-0.3, -0.25) is 9.20 Å². The molecule has 0 saturated heterocycles. The van der Waals surface area contributed by atoms with Crippen LogP contribution in [-0.2, 0) is 10.2 Å². The molecule has 0 aliphatic heterocycles. The van der Waals surface area contributed by atoms with Gasteiger partial charge in [-0.2, -0.15) is 0 Å². The van der Waals surface area contributed by atoms with E-state index in [4.69, 9.17) is 0 Å². The van der Waals surface area contributed by atoms with Gasteiger partial charge in [0.05, 0.1) is 17.5 Å². The lowest BCUT2D eigenvalue weighted by atomic mass is 9.64. The second kappa shape index (κ2) is 6.92. The van der Waals surface area contributed by atoms with Crippen LogP contribution < -0.4 is 5.32 Å². The normalized spacial score (nSPS) is 15.7. The molecule has 2 heterocycles. The van der Waals surface area contributed by atoms with Gasteiger partial charge in [-0.25, -0.2) is 4.98 Å². The standard InChI is InChI=1S/C20H21N3OS/c24-18(14-25-19-21-13-17-9-4-5-12-23(17)19)22-15-20(10-6-11-20)16-7-2-1-3-8-16/h1-5,7-9,12-13H,6,10-11,14-15H2,(H,22,24). The van der Waals surface area contributed by atoms with E-state index in [1.54, 1.807) is 0 Å². The zero-order chi connectivity index (χ0) is 17.1. The van der Waals surface area contributed by atoms with Crippen molar-refractivity contribution in [1.29, 1.82) is 0 Å². The molecule has 0 unspecified atom stereocenters. The zero-order valence-electron chi connectivity index (χ0n) is 14.0. The average Bonchev–Trinajstić information content (AvgIpc) is 3.03. The number of pyridine rings is 1. The predicted molar refractivity (Wildman–Crippen MR) is 101 cm³/mol. The van der Waals surface area contributed by atoms with Crippen molar-refractivity contribution < 1.29 is 4.79 Å². The van der Waals surface area contributed by atoms with Crippen LogP contribution in [0.4, 0.5) is 0 Å². The minimum absolute atomic E-state index is 0.0693. The molecule has 1 aliphatic rings. The molecule has 0 radical (unpaired) electrons. The summed E-state index contributed by atoms with van der Waals surface area (Å²) in [5.41, 5.74) is 2.51. The minimum atomic E-state index is 0.0693. The van der Waals surface area contributed by atoms with E-state index in [0.29, 0.717) is 5.75 Å². The molecule has 4 nitrogen and oxygen atoms in total. The monoisotopic (exact) mass is 351 g/mol. The second-order valence-corrected chi connectivity index (χ2v) is 7.54. The Morgan fingerprint density at radius 1 is 1.16 bits per heavy atom. The molecular formula is C20H21N3OS. The molecule has 1 amide bonds. The number of rotatable bonds is 6. The SMILES string of the molecule is O=C(CSc1ncc2ccccn12)NCC1(c2ccccc2)CCC1. The number of carbonyl (C=O) groups excluding carboxylic acids is 1. The quantitative estimate of drug-likeness (QED) is 0.689. The first-order chi connectivity index (χ1) is 12.3. The highest BCUT2D eigenvalue weighted by Gasteiger charge is 2.38. The molecule has 0 atom stereocenters. The lowest BCUT2D eigenvalue weighted by Gasteiger charge is -2.42. The van der Waals surface area contributed by atoms with Crippen LogP contribution in [0.5, 0.6) is 0 Å². The first-order valence-electron chi connectivity index (χ1n) is 8.64. The van der Waals surface area contributed by atoms with Crippen LogP contribution in [0.2, 0.25) is 0 Å². The highest BCUT2D eigenvalue weighted by molar-refractivity contribution is 7.99. The van der Waals surface area contributed by atoms with E-state index in [-0.39, 0.29) is 11.3 Å². The van der Waals surface area contributed by atoms with Gasteiger partial charge in [0.15, 0.2) is 5.16 Å². The van der Waals surface area contributed by atoms with Crippen LogP contribution in [-0.4, -0.2) is 27.6 Å². The van der Waals surface area contributed by atoms with Crippen molar-refractivity contribution in [3.8, 4) is 0 Å². The number of fused-ring (bicyclic) bond motifs is 1. The lowest BCUT2D eigenvalue weighted by Crippen LogP contribution is -2.46. The Kier molecular flexibility index (Phi) is 4.49. The Morgan fingerprint density at radius 3 is 2.72 bits per heavy atom. The molecule has 1 fully saturated rings. The highest BCUT2D eigenvalue weighted by atomic mass is 32.2. The largest absolute Gasteiger partial charge is 0.354 e. The lowest BCUT2D eigenvalue weighted by molar-refractivity contribution is -0.119. The smallest absolute Gasteiger partial charge is 0.230 e. The molecule has 0 spiro atoms. The van der Waals surface area contributed by atoms with Crippen molar-refractivity contribution in [2.45, 2.75) is 29.8 Å². The first-order valence-corrected chi connectivity index (χ1v) is 9.63. The number of carbonyl (C=O) groups is 1. The van der Waals surface area contributed by atoms with Gasteiger partial charge in [0, 0.05) is 18.2 Å². The Hall–Kier alpha value is -2.27. The fourth-order valence-corrected chi connectivity index (χ4v) is 4.23. The third-order valence-corrected chi connectivity index (χ3v) is 6.02. The summed E-state index contributed by atoms with van der Waals surface area (Å²) < 4.78 is 2.01. The van der Waals surface area contributed by atoms with Gasteiger partial charge in [0.1, 0.15) is 0 Å². The van der Waals surface area contributed by atoms with E-state index < -0.39 is 0 Å². The number of nitrogens with zero attached hydrogens (tertiary/aromatic N) is 2. The van der Waals surface area contributed by atoms with Gasteiger partial charge in [-0.05, 0) is 30.5 Å². The molecule has 3 aromatic rings. The van der Waals surface area contributed by atoms with Crippen LogP contribution in [0.3, 0.4) is 0 Å². The molecule has 2 aromatic heterocycles. The number of hydrogen-bond acceptors (Lipinski definition) is 3. The van der Waals surface area contributed by atoms with Gasteiger partial charge in [0.2, 0.25) is 5.91 Å². The third kappa shape index (κ3) is 3.29. The number of hydrogen-bond donors (Lipinski definition) is 1. The number of aromatic nitrogens is 2. The minimum Gasteiger partial charge on any atom is -0.354 e. The number of nitrogens with one attached hydrogen (secondary N) is 1. The Bertz CT molecular complexity index is 871. The van der Waals surface area contributed by atoms with Crippen molar-refractivity contribution in [3.63, 3.8) is 0 Å². The molecular weight excluding hydrogens is 330 g/mol. The van der Waals surface area contributed by atoms with E-state index in [9.17, 15) is 4.79 Å². The summed E-state index contributed by atoms with van der Waals surface area (Å²) in [6, 6.07) is 16.5. The van der Waals surface area contributed by atoms with Gasteiger partial charge < -0.3 is 5.32 Å². The van der Waals surface area contributed by atoms with Crippen molar-refractivity contribution in [3.05, 3.63) is 66.5 Å². The summed E-state index contributed by atoms with van der Waals surface area (Å²) in [4.78, 5) is 16.7. The fourth-order valence-electron chi connectivity index (χ4n) is 3.44. The van der Waals surface area contributed by atoms with Gasteiger partial charge in [-0.1, -0.05) is 54.6 Å². The number of benzene rings is 1. The Labute approximate surface area is 151 Å². The van der Waals surface area contributed by atoms with E-state index >= 15 is 0 Å². The molecule has 1 aromatic carbocycles. The van der Waals surface area contributed by atoms with E-state index in [1.807, 2.05) is 41.1 Å². The summed E-state index contributed by atoms with van der Waals surface area (Å²) in [6.07, 6.45) is 7.34. The Morgan fingerprint density at radius 2 is 1.96 bits per heavy atom.